The highest BCUT2D eigenvalue weighted by Gasteiger charge is 2.17. The first-order valence-electron chi connectivity index (χ1n) is 8.77. The molecule has 0 bridgehead atoms. The Labute approximate surface area is 161 Å². The molecule has 5 nitrogen and oxygen atoms in total. The zero-order valence-corrected chi connectivity index (χ0v) is 17.6. The average Bonchev–Trinajstić information content (AvgIpc) is 3.05. The van der Waals surface area contributed by atoms with Crippen molar-refractivity contribution in [2.45, 2.75) is 45.2 Å². The Kier molecular flexibility index (Phi) is 7.66. The van der Waals surface area contributed by atoms with Crippen molar-refractivity contribution in [1.29, 1.82) is 0 Å². The summed E-state index contributed by atoms with van der Waals surface area (Å²) in [7, 11) is 0.583. The predicted molar refractivity (Wildman–Crippen MR) is 112 cm³/mol. The molecule has 3 aromatic rings. The summed E-state index contributed by atoms with van der Waals surface area (Å²) in [5, 5.41) is 4.26. The van der Waals surface area contributed by atoms with Crippen molar-refractivity contribution in [2.24, 2.45) is 0 Å². The maximum absolute atomic E-state index is 11.6. The van der Waals surface area contributed by atoms with E-state index in [4.69, 9.17) is 0 Å². The number of fused-ring (bicyclic) bond motifs is 1. The molecular weight excluding hydrogens is 364 g/mol. The molecule has 2 aromatic heterocycles. The number of anilines is 1. The molecule has 1 N–H and O–H groups in total. The summed E-state index contributed by atoms with van der Waals surface area (Å²) in [6.45, 7) is 6.31. The summed E-state index contributed by atoms with van der Waals surface area (Å²) in [6, 6.07) is 7.99. The Bertz CT molecular complexity index is 857. The fraction of sp³-hybridized carbons (Fsp3) is 0.421. The summed E-state index contributed by atoms with van der Waals surface area (Å²) < 4.78 is 12.7. The number of para-hydroxylation sites is 1. The minimum atomic E-state index is -1.21. The molecule has 140 valence electrons. The van der Waals surface area contributed by atoms with Crippen LogP contribution < -0.4 is 5.32 Å². The largest absolute Gasteiger partial charge is 0.372 e. The fourth-order valence-corrected chi connectivity index (χ4v) is 3.99. The molecular formula is C19H26N4OS2. The van der Waals surface area contributed by atoms with Crippen molar-refractivity contribution in [3.05, 3.63) is 30.0 Å². The highest BCUT2D eigenvalue weighted by Crippen LogP contribution is 2.35. The zero-order chi connectivity index (χ0) is 19.1. The van der Waals surface area contributed by atoms with Gasteiger partial charge < -0.3 is 5.32 Å². The standard InChI is InChI=1S/C14H14N4OS2.C5H12/c1-8-11(12(15-2)18-14(16-8)21(3)19)13-17-9-6-4-5-7-10(9)20-13;1-3-5-4-2/h4-7H,1-3H3,(H,15,16,18);3-5H2,1-2H3. The number of aromatic nitrogens is 3. The van der Waals surface area contributed by atoms with E-state index in [0.717, 1.165) is 26.5 Å². The van der Waals surface area contributed by atoms with Crippen LogP contribution in [0.1, 0.15) is 38.8 Å². The van der Waals surface area contributed by atoms with Gasteiger partial charge in [-0.15, -0.1) is 11.3 Å². The maximum Gasteiger partial charge on any atom is 0.220 e. The highest BCUT2D eigenvalue weighted by atomic mass is 32.2. The molecule has 7 heteroatoms. The van der Waals surface area contributed by atoms with E-state index in [1.54, 1.807) is 24.6 Å². The lowest BCUT2D eigenvalue weighted by molar-refractivity contribution is 0.679. The van der Waals surface area contributed by atoms with Crippen molar-refractivity contribution in [2.75, 3.05) is 18.6 Å². The predicted octanol–water partition coefficient (Wildman–Crippen LogP) is 5.04. The molecule has 3 rings (SSSR count). The van der Waals surface area contributed by atoms with Gasteiger partial charge in [0.1, 0.15) is 10.8 Å². The van der Waals surface area contributed by atoms with Gasteiger partial charge in [-0.1, -0.05) is 45.2 Å². The third-order valence-electron chi connectivity index (χ3n) is 3.78. The third-order valence-corrected chi connectivity index (χ3v) is 5.53. The number of rotatable bonds is 5. The SMILES string of the molecule is CCCCC.CNc1nc(S(C)=O)nc(C)c1-c1nc2ccccc2s1. The smallest absolute Gasteiger partial charge is 0.220 e. The highest BCUT2D eigenvalue weighted by molar-refractivity contribution is 7.84. The monoisotopic (exact) mass is 390 g/mol. The average molecular weight is 391 g/mol. The normalized spacial score (nSPS) is 11.7. The van der Waals surface area contributed by atoms with Crippen molar-refractivity contribution in [3.63, 3.8) is 0 Å². The molecule has 0 aliphatic heterocycles. The second-order valence-electron chi connectivity index (χ2n) is 5.86. The van der Waals surface area contributed by atoms with Crippen molar-refractivity contribution in [1.82, 2.24) is 15.0 Å². The van der Waals surface area contributed by atoms with E-state index in [9.17, 15) is 4.21 Å². The number of thiazole rings is 1. The van der Waals surface area contributed by atoms with Gasteiger partial charge in [0, 0.05) is 13.3 Å². The van der Waals surface area contributed by atoms with Gasteiger partial charge >= 0.3 is 0 Å². The van der Waals surface area contributed by atoms with Gasteiger partial charge in [-0.05, 0) is 19.1 Å². The van der Waals surface area contributed by atoms with E-state index in [0.29, 0.717) is 11.0 Å². The topological polar surface area (TPSA) is 67.8 Å². The fourth-order valence-electron chi connectivity index (χ4n) is 2.45. The molecule has 26 heavy (non-hydrogen) atoms. The zero-order valence-electron chi connectivity index (χ0n) is 16.0. The van der Waals surface area contributed by atoms with E-state index in [1.165, 1.54) is 19.3 Å². The Balaban J connectivity index is 0.000000431. The van der Waals surface area contributed by atoms with Gasteiger partial charge in [-0.25, -0.2) is 15.0 Å². The number of nitrogens with zero attached hydrogens (tertiary/aromatic N) is 3. The number of hydrogen-bond donors (Lipinski definition) is 1. The van der Waals surface area contributed by atoms with Crippen LogP contribution in [-0.2, 0) is 10.8 Å². The molecule has 0 saturated carbocycles. The minimum Gasteiger partial charge on any atom is -0.372 e. The molecule has 0 amide bonds. The first-order chi connectivity index (χ1) is 12.5. The summed E-state index contributed by atoms with van der Waals surface area (Å²) in [6.07, 6.45) is 5.65. The summed E-state index contributed by atoms with van der Waals surface area (Å²) in [4.78, 5) is 13.3. The van der Waals surface area contributed by atoms with E-state index in [1.807, 2.05) is 31.2 Å². The minimum absolute atomic E-state index is 0.335. The van der Waals surface area contributed by atoms with E-state index < -0.39 is 10.8 Å². The second kappa shape index (κ2) is 9.73. The van der Waals surface area contributed by atoms with Gasteiger partial charge in [-0.2, -0.15) is 0 Å². The molecule has 0 aliphatic carbocycles. The van der Waals surface area contributed by atoms with Crippen molar-refractivity contribution in [3.8, 4) is 10.6 Å². The van der Waals surface area contributed by atoms with Crippen LogP contribution >= 0.6 is 11.3 Å². The van der Waals surface area contributed by atoms with Crippen molar-refractivity contribution >= 4 is 38.2 Å². The lowest BCUT2D eigenvalue weighted by Crippen LogP contribution is -2.06. The molecule has 0 aliphatic rings. The Hall–Kier alpha value is -1.86. The molecule has 1 aromatic carbocycles. The van der Waals surface area contributed by atoms with Crippen molar-refractivity contribution < 1.29 is 4.21 Å². The molecule has 2 heterocycles. The number of hydrogen-bond acceptors (Lipinski definition) is 6. The molecule has 0 radical (unpaired) electrons. The molecule has 1 unspecified atom stereocenters. The Morgan fingerprint density at radius 2 is 1.81 bits per heavy atom. The molecule has 1 atom stereocenters. The Morgan fingerprint density at radius 3 is 2.35 bits per heavy atom. The van der Waals surface area contributed by atoms with E-state index in [2.05, 4.69) is 34.1 Å². The summed E-state index contributed by atoms with van der Waals surface area (Å²) in [5.74, 6) is 0.659. The number of benzene rings is 1. The maximum atomic E-state index is 11.6. The summed E-state index contributed by atoms with van der Waals surface area (Å²) in [5.41, 5.74) is 2.61. The van der Waals surface area contributed by atoms with Gasteiger partial charge in [0.05, 0.1) is 32.3 Å². The van der Waals surface area contributed by atoms with Crippen LogP contribution in [0.3, 0.4) is 0 Å². The lowest BCUT2D eigenvalue weighted by Gasteiger charge is -2.09. The van der Waals surface area contributed by atoms with Crippen LogP contribution in [0.2, 0.25) is 0 Å². The van der Waals surface area contributed by atoms with E-state index >= 15 is 0 Å². The van der Waals surface area contributed by atoms with E-state index in [-0.39, 0.29) is 0 Å². The number of nitrogens with one attached hydrogen (secondary N) is 1. The Morgan fingerprint density at radius 1 is 1.12 bits per heavy atom. The molecule has 0 fully saturated rings. The quantitative estimate of drug-likeness (QED) is 0.618. The first kappa shape index (κ1) is 20.5. The van der Waals surface area contributed by atoms with Crippen LogP contribution in [0.5, 0.6) is 0 Å². The van der Waals surface area contributed by atoms with Crippen LogP contribution in [0.4, 0.5) is 5.82 Å². The number of aryl methyl sites for hydroxylation is 1. The van der Waals surface area contributed by atoms with Crippen LogP contribution in [0.15, 0.2) is 29.4 Å². The third kappa shape index (κ3) is 4.86. The molecule has 0 saturated heterocycles. The van der Waals surface area contributed by atoms with Crippen LogP contribution in [0, 0.1) is 6.92 Å². The second-order valence-corrected chi connectivity index (χ2v) is 8.16. The summed E-state index contributed by atoms with van der Waals surface area (Å²) >= 11 is 1.60. The lowest BCUT2D eigenvalue weighted by atomic mass is 10.2. The number of unbranched alkanes of at least 4 members (excludes halogenated alkanes) is 2. The van der Waals surface area contributed by atoms with Crippen LogP contribution in [0.25, 0.3) is 20.8 Å². The van der Waals surface area contributed by atoms with Gasteiger partial charge in [-0.3, -0.25) is 4.21 Å². The first-order valence-corrected chi connectivity index (χ1v) is 11.1. The van der Waals surface area contributed by atoms with Gasteiger partial charge in [0.25, 0.3) is 0 Å². The van der Waals surface area contributed by atoms with Gasteiger partial charge in [0.15, 0.2) is 0 Å². The van der Waals surface area contributed by atoms with Crippen LogP contribution in [-0.4, -0.2) is 32.5 Å². The van der Waals surface area contributed by atoms with Gasteiger partial charge in [0.2, 0.25) is 5.16 Å². The molecule has 0 spiro atoms.